The second-order valence-corrected chi connectivity index (χ2v) is 6.35. The fraction of sp³-hybridized carbons (Fsp3) is 0.526. The van der Waals surface area contributed by atoms with Gasteiger partial charge in [-0.3, -0.25) is 9.59 Å². The van der Waals surface area contributed by atoms with Crippen LogP contribution in [0.5, 0.6) is 5.75 Å². The van der Waals surface area contributed by atoms with Crippen molar-refractivity contribution in [3.8, 4) is 5.75 Å². The second kappa shape index (κ2) is 11.1. The summed E-state index contributed by atoms with van der Waals surface area (Å²) in [5.41, 5.74) is 1.12. The van der Waals surface area contributed by atoms with Crippen LogP contribution in [0, 0.1) is 12.8 Å². The van der Waals surface area contributed by atoms with Gasteiger partial charge < -0.3 is 19.5 Å². The number of rotatable bonds is 10. The van der Waals surface area contributed by atoms with E-state index in [1.807, 2.05) is 45.0 Å². The minimum Gasteiger partial charge on any atom is -0.493 e. The first-order valence-corrected chi connectivity index (χ1v) is 8.54. The fourth-order valence-electron chi connectivity index (χ4n) is 2.17. The van der Waals surface area contributed by atoms with Gasteiger partial charge in [0.05, 0.1) is 20.1 Å². The predicted molar refractivity (Wildman–Crippen MR) is 95.7 cm³/mol. The van der Waals surface area contributed by atoms with Gasteiger partial charge in [-0.25, -0.2) is 4.79 Å². The number of carbonyl (C=O) groups is 3. The third-order valence-corrected chi connectivity index (χ3v) is 3.49. The topological polar surface area (TPSA) is 90.9 Å². The maximum absolute atomic E-state index is 11.9. The standard InChI is InChI=1S/C19H27NO6/c1-13(2)11-16(19(23)24-4)20-17(21)12-26-18(22)9-10-25-15-7-5-14(3)6-8-15/h5-8,13,16H,9-12H2,1-4H3,(H,20,21). The Balaban J connectivity index is 2.30. The summed E-state index contributed by atoms with van der Waals surface area (Å²) >= 11 is 0. The smallest absolute Gasteiger partial charge is 0.328 e. The third kappa shape index (κ3) is 8.50. The van der Waals surface area contributed by atoms with Gasteiger partial charge in [0.1, 0.15) is 11.8 Å². The van der Waals surface area contributed by atoms with E-state index in [0.717, 1.165) is 5.56 Å². The highest BCUT2D eigenvalue weighted by Crippen LogP contribution is 2.11. The first-order chi connectivity index (χ1) is 12.3. The number of hydrogen-bond donors (Lipinski definition) is 1. The van der Waals surface area contributed by atoms with Crippen molar-refractivity contribution >= 4 is 17.8 Å². The SMILES string of the molecule is COC(=O)C(CC(C)C)NC(=O)COC(=O)CCOc1ccc(C)cc1. The number of carbonyl (C=O) groups excluding carboxylic acids is 3. The van der Waals surface area contributed by atoms with Crippen LogP contribution in [0.15, 0.2) is 24.3 Å². The largest absolute Gasteiger partial charge is 0.493 e. The molecule has 0 aliphatic heterocycles. The van der Waals surface area contributed by atoms with Crippen molar-refractivity contribution in [1.29, 1.82) is 0 Å². The summed E-state index contributed by atoms with van der Waals surface area (Å²) in [6, 6.07) is 6.70. The van der Waals surface area contributed by atoms with Gasteiger partial charge >= 0.3 is 11.9 Å². The minimum atomic E-state index is -0.754. The lowest BCUT2D eigenvalue weighted by molar-refractivity contribution is -0.150. The van der Waals surface area contributed by atoms with Crippen LogP contribution in [-0.4, -0.2) is 44.2 Å². The average molecular weight is 365 g/mol. The number of methoxy groups -OCH3 is 1. The number of amides is 1. The Hall–Kier alpha value is -2.57. The molecular formula is C19H27NO6. The molecule has 0 spiro atoms. The van der Waals surface area contributed by atoms with Crippen LogP contribution < -0.4 is 10.1 Å². The summed E-state index contributed by atoms with van der Waals surface area (Å²) in [6.45, 7) is 5.53. The van der Waals surface area contributed by atoms with E-state index in [-0.39, 0.29) is 18.9 Å². The van der Waals surface area contributed by atoms with Gasteiger partial charge in [0.25, 0.3) is 5.91 Å². The van der Waals surface area contributed by atoms with Gasteiger partial charge in [-0.15, -0.1) is 0 Å². The molecule has 0 aliphatic carbocycles. The van der Waals surface area contributed by atoms with Gasteiger partial charge in [-0.2, -0.15) is 0 Å². The second-order valence-electron chi connectivity index (χ2n) is 6.35. The van der Waals surface area contributed by atoms with Crippen molar-refractivity contribution in [3.05, 3.63) is 29.8 Å². The van der Waals surface area contributed by atoms with Crippen LogP contribution in [0.4, 0.5) is 0 Å². The number of aryl methyl sites for hydroxylation is 1. The van der Waals surface area contributed by atoms with Gasteiger partial charge in [-0.1, -0.05) is 31.5 Å². The zero-order valence-corrected chi connectivity index (χ0v) is 15.7. The molecule has 144 valence electrons. The van der Waals surface area contributed by atoms with Gasteiger partial charge in [-0.05, 0) is 31.4 Å². The third-order valence-electron chi connectivity index (χ3n) is 3.49. The Morgan fingerprint density at radius 2 is 1.77 bits per heavy atom. The van der Waals surface area contributed by atoms with E-state index < -0.39 is 30.5 Å². The van der Waals surface area contributed by atoms with E-state index in [0.29, 0.717) is 12.2 Å². The lowest BCUT2D eigenvalue weighted by Crippen LogP contribution is -2.44. The van der Waals surface area contributed by atoms with E-state index >= 15 is 0 Å². The summed E-state index contributed by atoms with van der Waals surface area (Å²) in [7, 11) is 1.26. The van der Waals surface area contributed by atoms with Crippen LogP contribution in [0.1, 0.15) is 32.3 Å². The molecule has 26 heavy (non-hydrogen) atoms. The summed E-state index contributed by atoms with van der Waals surface area (Å²) < 4.78 is 15.0. The fourth-order valence-corrected chi connectivity index (χ4v) is 2.17. The summed E-state index contributed by atoms with van der Waals surface area (Å²) in [6.07, 6.45) is 0.463. The molecule has 0 heterocycles. The normalized spacial score (nSPS) is 11.6. The molecule has 0 radical (unpaired) electrons. The lowest BCUT2D eigenvalue weighted by Gasteiger charge is -2.18. The average Bonchev–Trinajstić information content (AvgIpc) is 2.60. The molecule has 7 heteroatoms. The zero-order valence-electron chi connectivity index (χ0n) is 15.7. The van der Waals surface area contributed by atoms with Crippen LogP contribution in [0.2, 0.25) is 0 Å². The van der Waals surface area contributed by atoms with Crippen molar-refractivity contribution in [2.75, 3.05) is 20.3 Å². The highest BCUT2D eigenvalue weighted by molar-refractivity contribution is 5.86. The van der Waals surface area contributed by atoms with E-state index in [1.165, 1.54) is 7.11 Å². The molecule has 1 aromatic rings. The molecule has 0 saturated carbocycles. The number of ether oxygens (including phenoxy) is 3. The number of nitrogens with one attached hydrogen (secondary N) is 1. The Labute approximate surface area is 154 Å². The van der Waals surface area contributed by atoms with E-state index in [1.54, 1.807) is 0 Å². The highest BCUT2D eigenvalue weighted by Gasteiger charge is 2.23. The van der Waals surface area contributed by atoms with Crippen molar-refractivity contribution in [1.82, 2.24) is 5.32 Å². The number of benzene rings is 1. The summed E-state index contributed by atoms with van der Waals surface area (Å²) in [4.78, 5) is 35.2. The van der Waals surface area contributed by atoms with Crippen LogP contribution in [-0.2, 0) is 23.9 Å². The molecule has 1 amide bonds. The predicted octanol–water partition coefficient (Wildman–Crippen LogP) is 2.01. The van der Waals surface area contributed by atoms with Gasteiger partial charge in [0.15, 0.2) is 6.61 Å². The Kier molecular flexibility index (Phi) is 9.19. The molecule has 1 rings (SSSR count). The molecule has 1 unspecified atom stereocenters. The molecule has 1 aromatic carbocycles. The number of hydrogen-bond acceptors (Lipinski definition) is 6. The van der Waals surface area contributed by atoms with Crippen LogP contribution in [0.25, 0.3) is 0 Å². The molecule has 1 atom stereocenters. The number of esters is 2. The molecule has 0 bridgehead atoms. The highest BCUT2D eigenvalue weighted by atomic mass is 16.5. The first kappa shape index (κ1) is 21.5. The molecule has 7 nitrogen and oxygen atoms in total. The maximum Gasteiger partial charge on any atom is 0.328 e. The van der Waals surface area contributed by atoms with Gasteiger partial charge in [0, 0.05) is 0 Å². The van der Waals surface area contributed by atoms with Crippen molar-refractivity contribution in [2.45, 2.75) is 39.7 Å². The molecule has 0 aliphatic rings. The lowest BCUT2D eigenvalue weighted by atomic mass is 10.0. The van der Waals surface area contributed by atoms with E-state index in [2.05, 4.69) is 10.1 Å². The van der Waals surface area contributed by atoms with Crippen molar-refractivity contribution in [3.63, 3.8) is 0 Å². The van der Waals surface area contributed by atoms with E-state index in [4.69, 9.17) is 9.47 Å². The molecule has 0 saturated heterocycles. The molecule has 0 aromatic heterocycles. The molecule has 1 N–H and O–H groups in total. The summed E-state index contributed by atoms with van der Waals surface area (Å²) in [5.74, 6) is -0.763. The molecule has 0 fully saturated rings. The van der Waals surface area contributed by atoms with Crippen molar-refractivity contribution in [2.24, 2.45) is 5.92 Å². The van der Waals surface area contributed by atoms with Crippen LogP contribution in [0.3, 0.4) is 0 Å². The van der Waals surface area contributed by atoms with Gasteiger partial charge in [0.2, 0.25) is 0 Å². The van der Waals surface area contributed by atoms with Crippen molar-refractivity contribution < 1.29 is 28.6 Å². The maximum atomic E-state index is 11.9. The zero-order chi connectivity index (χ0) is 19.5. The van der Waals surface area contributed by atoms with E-state index in [9.17, 15) is 14.4 Å². The monoisotopic (exact) mass is 365 g/mol. The minimum absolute atomic E-state index is 0.0214. The first-order valence-electron chi connectivity index (χ1n) is 8.54. The Morgan fingerprint density at radius 1 is 1.12 bits per heavy atom. The van der Waals surface area contributed by atoms with Crippen LogP contribution >= 0.6 is 0 Å². The summed E-state index contributed by atoms with van der Waals surface area (Å²) in [5, 5.41) is 2.52. The Morgan fingerprint density at radius 3 is 2.35 bits per heavy atom. The Bertz CT molecular complexity index is 597. The quantitative estimate of drug-likeness (QED) is 0.638. The molecular weight excluding hydrogens is 338 g/mol.